The Morgan fingerprint density at radius 1 is 1.10 bits per heavy atom. The smallest absolute Gasteiger partial charge is 0.0346 e. The standard InChI is InChI=1S/C18H22N2S/c1-14(20-18-8-11-21-12-9-18)15-4-6-16(7-5-15)17-3-2-10-19-13-17/h2-7,10,13-14,18,20H,8-9,11-12H2,1H3. The molecule has 1 aromatic carbocycles. The lowest BCUT2D eigenvalue weighted by atomic mass is 10.0. The van der Waals surface area contributed by atoms with Crippen molar-refractivity contribution in [2.75, 3.05) is 11.5 Å². The molecule has 1 aliphatic heterocycles. The molecule has 0 saturated carbocycles. The Kier molecular flexibility index (Phi) is 4.94. The molecule has 1 N–H and O–H groups in total. The van der Waals surface area contributed by atoms with Gasteiger partial charge in [-0.15, -0.1) is 0 Å². The monoisotopic (exact) mass is 298 g/mol. The number of thioether (sulfide) groups is 1. The van der Waals surface area contributed by atoms with Crippen molar-refractivity contribution >= 4 is 11.8 Å². The fraction of sp³-hybridized carbons (Fsp3) is 0.389. The predicted molar refractivity (Wildman–Crippen MR) is 91.6 cm³/mol. The van der Waals surface area contributed by atoms with E-state index in [1.807, 2.05) is 18.5 Å². The molecule has 0 spiro atoms. The molecule has 1 saturated heterocycles. The second-order valence-corrected chi connectivity index (χ2v) is 6.86. The van der Waals surface area contributed by atoms with E-state index in [4.69, 9.17) is 0 Å². The lowest BCUT2D eigenvalue weighted by Crippen LogP contribution is -2.34. The second-order valence-electron chi connectivity index (χ2n) is 5.64. The van der Waals surface area contributed by atoms with E-state index in [-0.39, 0.29) is 0 Å². The van der Waals surface area contributed by atoms with Gasteiger partial charge in [0.1, 0.15) is 0 Å². The normalized spacial score (nSPS) is 17.6. The topological polar surface area (TPSA) is 24.9 Å². The largest absolute Gasteiger partial charge is 0.307 e. The maximum absolute atomic E-state index is 4.18. The number of rotatable bonds is 4. The van der Waals surface area contributed by atoms with Crippen molar-refractivity contribution in [2.45, 2.75) is 31.8 Å². The fourth-order valence-corrected chi connectivity index (χ4v) is 3.92. The van der Waals surface area contributed by atoms with Gasteiger partial charge in [-0.1, -0.05) is 30.3 Å². The summed E-state index contributed by atoms with van der Waals surface area (Å²) in [5.41, 5.74) is 3.77. The summed E-state index contributed by atoms with van der Waals surface area (Å²) in [4.78, 5) is 4.18. The van der Waals surface area contributed by atoms with Crippen LogP contribution >= 0.6 is 11.8 Å². The lowest BCUT2D eigenvalue weighted by Gasteiger charge is -2.26. The molecule has 1 aliphatic rings. The Balaban J connectivity index is 1.66. The van der Waals surface area contributed by atoms with E-state index < -0.39 is 0 Å². The van der Waals surface area contributed by atoms with Crippen LogP contribution in [0.4, 0.5) is 0 Å². The number of nitrogens with one attached hydrogen (secondary N) is 1. The van der Waals surface area contributed by atoms with E-state index >= 15 is 0 Å². The van der Waals surface area contributed by atoms with Gasteiger partial charge in [-0.25, -0.2) is 0 Å². The zero-order valence-electron chi connectivity index (χ0n) is 12.5. The summed E-state index contributed by atoms with van der Waals surface area (Å²) in [7, 11) is 0. The van der Waals surface area contributed by atoms with E-state index in [0.717, 1.165) is 0 Å². The number of pyridine rings is 1. The molecule has 3 heteroatoms. The average molecular weight is 298 g/mol. The van der Waals surface area contributed by atoms with Crippen LogP contribution in [0.5, 0.6) is 0 Å². The molecule has 21 heavy (non-hydrogen) atoms. The molecule has 110 valence electrons. The molecule has 0 amide bonds. The maximum Gasteiger partial charge on any atom is 0.0346 e. The summed E-state index contributed by atoms with van der Waals surface area (Å²) in [6, 6.07) is 14.0. The molecule has 0 aliphatic carbocycles. The highest BCUT2D eigenvalue weighted by atomic mass is 32.2. The molecule has 2 aromatic rings. The van der Waals surface area contributed by atoms with Gasteiger partial charge in [0.25, 0.3) is 0 Å². The van der Waals surface area contributed by atoms with Gasteiger partial charge in [-0.3, -0.25) is 4.98 Å². The van der Waals surface area contributed by atoms with Gasteiger partial charge in [-0.2, -0.15) is 11.8 Å². The molecule has 1 unspecified atom stereocenters. The molecule has 1 aromatic heterocycles. The Hall–Kier alpha value is -1.32. The van der Waals surface area contributed by atoms with Gasteiger partial charge in [0.2, 0.25) is 0 Å². The Bertz CT molecular complexity index is 547. The van der Waals surface area contributed by atoms with Gasteiger partial charge >= 0.3 is 0 Å². The summed E-state index contributed by atoms with van der Waals surface area (Å²) in [6.45, 7) is 2.26. The number of nitrogens with zero attached hydrogens (tertiary/aromatic N) is 1. The SMILES string of the molecule is CC(NC1CCSCC1)c1ccc(-c2cccnc2)cc1. The first kappa shape index (κ1) is 14.6. The highest BCUT2D eigenvalue weighted by Crippen LogP contribution is 2.23. The zero-order chi connectivity index (χ0) is 14.5. The van der Waals surface area contributed by atoms with Gasteiger partial charge in [0.05, 0.1) is 0 Å². The molecule has 3 rings (SSSR count). The molecule has 2 nitrogen and oxygen atoms in total. The first-order valence-electron chi connectivity index (χ1n) is 7.67. The van der Waals surface area contributed by atoms with Crippen LogP contribution in [0.2, 0.25) is 0 Å². The van der Waals surface area contributed by atoms with Crippen LogP contribution in [0.1, 0.15) is 31.4 Å². The van der Waals surface area contributed by atoms with E-state index in [1.165, 1.54) is 41.0 Å². The summed E-state index contributed by atoms with van der Waals surface area (Å²) in [5, 5.41) is 3.77. The number of benzene rings is 1. The van der Waals surface area contributed by atoms with Gasteiger partial charge in [-0.05, 0) is 54.0 Å². The molecule has 0 bridgehead atoms. The van der Waals surface area contributed by atoms with Crippen LogP contribution in [-0.4, -0.2) is 22.5 Å². The molecular formula is C18H22N2S. The molecule has 2 heterocycles. The fourth-order valence-electron chi connectivity index (χ4n) is 2.81. The number of hydrogen-bond acceptors (Lipinski definition) is 3. The third-order valence-electron chi connectivity index (χ3n) is 4.11. The third-order valence-corrected chi connectivity index (χ3v) is 5.16. The minimum atomic E-state index is 0.418. The quantitative estimate of drug-likeness (QED) is 0.911. The van der Waals surface area contributed by atoms with E-state index in [2.05, 4.69) is 59.3 Å². The molecule has 1 fully saturated rings. The first-order valence-corrected chi connectivity index (χ1v) is 8.82. The van der Waals surface area contributed by atoms with Crippen LogP contribution in [0.25, 0.3) is 11.1 Å². The van der Waals surface area contributed by atoms with Crippen molar-refractivity contribution in [1.82, 2.24) is 10.3 Å². The summed E-state index contributed by atoms with van der Waals surface area (Å²) >= 11 is 2.08. The van der Waals surface area contributed by atoms with Gasteiger partial charge < -0.3 is 5.32 Å². The third kappa shape index (κ3) is 3.86. The van der Waals surface area contributed by atoms with Crippen LogP contribution in [0.15, 0.2) is 48.8 Å². The number of hydrogen-bond donors (Lipinski definition) is 1. The number of aromatic nitrogens is 1. The molecular weight excluding hydrogens is 276 g/mol. The van der Waals surface area contributed by atoms with Crippen molar-refractivity contribution in [2.24, 2.45) is 0 Å². The summed E-state index contributed by atoms with van der Waals surface area (Å²) in [5.74, 6) is 2.59. The van der Waals surface area contributed by atoms with Crippen molar-refractivity contribution in [3.63, 3.8) is 0 Å². The second kappa shape index (κ2) is 7.10. The minimum Gasteiger partial charge on any atom is -0.307 e. The van der Waals surface area contributed by atoms with Crippen LogP contribution in [0, 0.1) is 0 Å². The summed E-state index contributed by atoms with van der Waals surface area (Å²) in [6.07, 6.45) is 6.31. The van der Waals surface area contributed by atoms with Crippen molar-refractivity contribution in [3.05, 3.63) is 54.4 Å². The lowest BCUT2D eigenvalue weighted by molar-refractivity contribution is 0.431. The van der Waals surface area contributed by atoms with Gasteiger partial charge in [0.15, 0.2) is 0 Å². The Morgan fingerprint density at radius 2 is 1.86 bits per heavy atom. The van der Waals surface area contributed by atoms with E-state index in [1.54, 1.807) is 0 Å². The minimum absolute atomic E-state index is 0.418. The van der Waals surface area contributed by atoms with E-state index in [0.29, 0.717) is 12.1 Å². The van der Waals surface area contributed by atoms with Crippen LogP contribution < -0.4 is 5.32 Å². The molecule has 1 atom stereocenters. The average Bonchev–Trinajstić information content (AvgIpc) is 2.57. The van der Waals surface area contributed by atoms with Crippen molar-refractivity contribution in [3.8, 4) is 11.1 Å². The Morgan fingerprint density at radius 3 is 2.52 bits per heavy atom. The van der Waals surface area contributed by atoms with Crippen LogP contribution in [0.3, 0.4) is 0 Å². The highest BCUT2D eigenvalue weighted by Gasteiger charge is 2.16. The molecule has 0 radical (unpaired) electrons. The predicted octanol–water partition coefficient (Wildman–Crippen LogP) is 4.29. The first-order chi connectivity index (χ1) is 10.3. The van der Waals surface area contributed by atoms with Crippen molar-refractivity contribution in [1.29, 1.82) is 0 Å². The summed E-state index contributed by atoms with van der Waals surface area (Å²) < 4.78 is 0. The van der Waals surface area contributed by atoms with Gasteiger partial charge in [0, 0.05) is 24.5 Å². The zero-order valence-corrected chi connectivity index (χ0v) is 13.3. The van der Waals surface area contributed by atoms with Crippen molar-refractivity contribution < 1.29 is 0 Å². The Labute approximate surface area is 131 Å². The van der Waals surface area contributed by atoms with E-state index in [9.17, 15) is 0 Å². The maximum atomic E-state index is 4.18. The van der Waals surface area contributed by atoms with Crippen LogP contribution in [-0.2, 0) is 0 Å². The highest BCUT2D eigenvalue weighted by molar-refractivity contribution is 7.99.